The molecular weight excluding hydrogens is 462 g/mol. The molecule has 4 rings (SSSR count). The number of allylic oxidation sites excluding steroid dienone is 2. The average Bonchev–Trinajstić information content (AvgIpc) is 3.15. The van der Waals surface area contributed by atoms with E-state index in [1.54, 1.807) is 13.2 Å². The fourth-order valence-electron chi connectivity index (χ4n) is 3.26. The first-order valence-electron chi connectivity index (χ1n) is 8.76. The highest BCUT2D eigenvalue weighted by atomic mass is 127. The van der Waals surface area contributed by atoms with E-state index in [-0.39, 0.29) is 5.83 Å². The van der Waals surface area contributed by atoms with Crippen LogP contribution >= 0.6 is 22.6 Å². The maximum atomic E-state index is 13.3. The van der Waals surface area contributed by atoms with Crippen LogP contribution in [0.25, 0.3) is 10.9 Å². The minimum atomic E-state index is -0.219. The summed E-state index contributed by atoms with van der Waals surface area (Å²) in [6.45, 7) is 1.86. The molecule has 2 aliphatic rings. The van der Waals surface area contributed by atoms with Gasteiger partial charge in [-0.15, -0.1) is 0 Å². The van der Waals surface area contributed by atoms with Crippen molar-refractivity contribution in [1.29, 1.82) is 0 Å². The standard InChI is InChI=1S/C19H20FIN4O2/c1-26-16-7-15-13(6-14(16)21)18-17(24-10-27-18)19(25-15)23-4-2-3-11-5-12(20)9-22-8-11/h5-7,9,22,24H,2-4,8,10H2,1H3,(H,23,25). The first-order chi connectivity index (χ1) is 13.2. The van der Waals surface area contributed by atoms with Crippen molar-refractivity contribution in [3.63, 3.8) is 0 Å². The van der Waals surface area contributed by atoms with Gasteiger partial charge in [0.15, 0.2) is 18.3 Å². The van der Waals surface area contributed by atoms with Gasteiger partial charge in [0, 0.05) is 30.7 Å². The Morgan fingerprint density at radius 3 is 3.11 bits per heavy atom. The van der Waals surface area contributed by atoms with Gasteiger partial charge in [0.25, 0.3) is 0 Å². The molecule has 0 radical (unpaired) electrons. The molecule has 1 aromatic heterocycles. The normalized spacial score (nSPS) is 15.2. The number of methoxy groups -OCH3 is 1. The number of rotatable bonds is 6. The topological polar surface area (TPSA) is 67.4 Å². The largest absolute Gasteiger partial charge is 0.496 e. The fourth-order valence-corrected chi connectivity index (χ4v) is 3.95. The van der Waals surface area contributed by atoms with E-state index in [1.165, 1.54) is 6.20 Å². The molecule has 8 heteroatoms. The Balaban J connectivity index is 1.51. The molecule has 2 aromatic rings. The summed E-state index contributed by atoms with van der Waals surface area (Å²) >= 11 is 2.25. The summed E-state index contributed by atoms with van der Waals surface area (Å²) in [5.74, 6) is 2.15. The number of ether oxygens (including phenoxy) is 2. The van der Waals surface area contributed by atoms with E-state index in [0.29, 0.717) is 13.3 Å². The van der Waals surface area contributed by atoms with Crippen molar-refractivity contribution >= 4 is 45.0 Å². The second-order valence-electron chi connectivity index (χ2n) is 6.38. The summed E-state index contributed by atoms with van der Waals surface area (Å²) in [7, 11) is 1.65. The number of dihydropyridines is 1. The average molecular weight is 482 g/mol. The molecule has 3 heterocycles. The smallest absolute Gasteiger partial charge is 0.159 e. The summed E-state index contributed by atoms with van der Waals surface area (Å²) in [5, 5.41) is 10.5. The van der Waals surface area contributed by atoms with E-state index in [4.69, 9.17) is 14.5 Å². The highest BCUT2D eigenvalue weighted by Crippen LogP contribution is 2.43. The molecule has 0 bridgehead atoms. The van der Waals surface area contributed by atoms with E-state index in [0.717, 1.165) is 62.4 Å². The van der Waals surface area contributed by atoms with Gasteiger partial charge in [-0.3, -0.25) is 0 Å². The summed E-state index contributed by atoms with van der Waals surface area (Å²) < 4.78 is 25.5. The van der Waals surface area contributed by atoms with Crippen molar-refractivity contribution < 1.29 is 13.9 Å². The zero-order valence-corrected chi connectivity index (χ0v) is 17.0. The number of fused-ring (bicyclic) bond motifs is 3. The number of benzene rings is 1. The van der Waals surface area contributed by atoms with Crippen molar-refractivity contribution in [3.8, 4) is 11.5 Å². The van der Waals surface area contributed by atoms with E-state index < -0.39 is 0 Å². The molecule has 0 aliphatic carbocycles. The first kappa shape index (κ1) is 18.1. The third-order valence-corrected chi connectivity index (χ3v) is 5.40. The monoisotopic (exact) mass is 482 g/mol. The highest BCUT2D eigenvalue weighted by Gasteiger charge is 2.22. The van der Waals surface area contributed by atoms with Gasteiger partial charge in [-0.05, 0) is 53.1 Å². The van der Waals surface area contributed by atoms with Crippen LogP contribution < -0.4 is 25.4 Å². The third kappa shape index (κ3) is 3.76. The zero-order valence-electron chi connectivity index (χ0n) is 14.9. The summed E-state index contributed by atoms with van der Waals surface area (Å²) in [6.07, 6.45) is 4.70. The van der Waals surface area contributed by atoms with Gasteiger partial charge in [0.05, 0.1) is 16.2 Å². The molecule has 0 spiro atoms. The van der Waals surface area contributed by atoms with E-state index in [2.05, 4.69) is 38.5 Å². The lowest BCUT2D eigenvalue weighted by atomic mass is 10.1. The Labute approximate surface area is 170 Å². The molecule has 0 saturated heterocycles. The van der Waals surface area contributed by atoms with Gasteiger partial charge in [-0.25, -0.2) is 9.37 Å². The van der Waals surface area contributed by atoms with E-state index in [9.17, 15) is 4.39 Å². The Bertz CT molecular complexity index is 945. The minimum absolute atomic E-state index is 0.219. The third-order valence-electron chi connectivity index (χ3n) is 4.55. The van der Waals surface area contributed by atoms with Gasteiger partial charge in [-0.2, -0.15) is 0 Å². The maximum Gasteiger partial charge on any atom is 0.159 e. The van der Waals surface area contributed by atoms with Crippen LogP contribution in [0.3, 0.4) is 0 Å². The molecular formula is C19H20FIN4O2. The molecule has 0 atom stereocenters. The summed E-state index contributed by atoms with van der Waals surface area (Å²) in [4.78, 5) is 4.76. The number of pyridine rings is 1. The van der Waals surface area contributed by atoms with Crippen LogP contribution in [0.4, 0.5) is 15.9 Å². The van der Waals surface area contributed by atoms with Crippen LogP contribution in [-0.2, 0) is 0 Å². The SMILES string of the molecule is COc1cc2nc(NCCCC3=CC(F)=CNC3)c3c(c2cc1I)OCN3. The summed E-state index contributed by atoms with van der Waals surface area (Å²) in [6, 6.07) is 3.96. The van der Waals surface area contributed by atoms with Gasteiger partial charge in [0.1, 0.15) is 17.3 Å². The first-order valence-corrected chi connectivity index (χ1v) is 9.84. The Hall–Kier alpha value is -2.23. The molecule has 0 fully saturated rings. The summed E-state index contributed by atoms with van der Waals surface area (Å²) in [5.41, 5.74) is 2.77. The van der Waals surface area contributed by atoms with Gasteiger partial charge < -0.3 is 25.4 Å². The lowest BCUT2D eigenvalue weighted by Crippen LogP contribution is -2.15. The zero-order chi connectivity index (χ0) is 18.8. The highest BCUT2D eigenvalue weighted by molar-refractivity contribution is 14.1. The molecule has 0 amide bonds. The quantitative estimate of drug-likeness (QED) is 0.425. The molecule has 3 N–H and O–H groups in total. The minimum Gasteiger partial charge on any atom is -0.496 e. The predicted octanol–water partition coefficient (Wildman–Crippen LogP) is 4.14. The van der Waals surface area contributed by atoms with Gasteiger partial charge >= 0.3 is 0 Å². The number of halogens is 2. The molecule has 27 heavy (non-hydrogen) atoms. The number of hydrogen-bond acceptors (Lipinski definition) is 6. The van der Waals surface area contributed by atoms with Crippen LogP contribution in [0.5, 0.6) is 11.5 Å². The Morgan fingerprint density at radius 1 is 1.41 bits per heavy atom. The Kier molecular flexibility index (Phi) is 5.24. The van der Waals surface area contributed by atoms with Crippen molar-refractivity contribution in [3.05, 3.63) is 39.4 Å². The lowest BCUT2D eigenvalue weighted by molar-refractivity contribution is 0.376. The van der Waals surface area contributed by atoms with Crippen LogP contribution in [-0.4, -0.2) is 31.9 Å². The van der Waals surface area contributed by atoms with Gasteiger partial charge in [-0.1, -0.05) is 0 Å². The molecule has 2 aliphatic heterocycles. The maximum absolute atomic E-state index is 13.3. The van der Waals surface area contributed by atoms with E-state index >= 15 is 0 Å². The molecule has 142 valence electrons. The van der Waals surface area contributed by atoms with Crippen molar-refractivity contribution in [2.75, 3.05) is 37.6 Å². The lowest BCUT2D eigenvalue weighted by Gasteiger charge is -2.14. The van der Waals surface area contributed by atoms with Crippen molar-refractivity contribution in [2.45, 2.75) is 12.8 Å². The second-order valence-corrected chi connectivity index (χ2v) is 7.54. The molecule has 0 unspecified atom stereocenters. The second kappa shape index (κ2) is 7.79. The Morgan fingerprint density at radius 2 is 2.30 bits per heavy atom. The number of nitrogens with zero attached hydrogens (tertiary/aromatic N) is 1. The van der Waals surface area contributed by atoms with Crippen LogP contribution in [0.2, 0.25) is 0 Å². The number of aromatic nitrogens is 1. The molecule has 1 aromatic carbocycles. The fraction of sp³-hybridized carbons (Fsp3) is 0.316. The molecule has 0 saturated carbocycles. The van der Waals surface area contributed by atoms with Crippen molar-refractivity contribution in [1.82, 2.24) is 10.3 Å². The molecule has 6 nitrogen and oxygen atoms in total. The number of anilines is 2. The van der Waals surface area contributed by atoms with Crippen LogP contribution in [0.15, 0.2) is 35.8 Å². The van der Waals surface area contributed by atoms with Crippen LogP contribution in [0, 0.1) is 3.57 Å². The predicted molar refractivity (Wildman–Crippen MR) is 113 cm³/mol. The van der Waals surface area contributed by atoms with Crippen LogP contribution in [0.1, 0.15) is 12.8 Å². The van der Waals surface area contributed by atoms with E-state index in [1.807, 2.05) is 12.1 Å². The number of hydrogen-bond donors (Lipinski definition) is 3. The number of nitrogens with one attached hydrogen (secondary N) is 3. The van der Waals surface area contributed by atoms with Gasteiger partial charge in [0.2, 0.25) is 0 Å². The van der Waals surface area contributed by atoms with Crippen molar-refractivity contribution in [2.24, 2.45) is 0 Å².